The second-order valence-corrected chi connectivity index (χ2v) is 8.39. The lowest BCUT2D eigenvalue weighted by Gasteiger charge is -2.11. The molecule has 4 rings (SSSR count). The predicted molar refractivity (Wildman–Crippen MR) is 118 cm³/mol. The summed E-state index contributed by atoms with van der Waals surface area (Å²) in [5.41, 5.74) is 4.59. The third-order valence-corrected chi connectivity index (χ3v) is 5.74. The number of rotatable bonds is 5. The molecule has 2 heterocycles. The van der Waals surface area contributed by atoms with Crippen LogP contribution in [0.3, 0.4) is 0 Å². The fraction of sp³-hybridized carbons (Fsp3) is 0.217. The van der Waals surface area contributed by atoms with E-state index in [1.165, 1.54) is 11.3 Å². The van der Waals surface area contributed by atoms with Crippen molar-refractivity contribution < 1.29 is 9.53 Å². The number of carbonyl (C=O) groups is 1. The smallest absolute Gasteiger partial charge is 0.328 e. The average Bonchev–Trinajstić information content (AvgIpc) is 3.12. The van der Waals surface area contributed by atoms with Crippen molar-refractivity contribution in [3.8, 4) is 11.3 Å². The van der Waals surface area contributed by atoms with Crippen LogP contribution in [0.2, 0.25) is 0 Å². The van der Waals surface area contributed by atoms with E-state index in [1.807, 2.05) is 63.2 Å². The Balaban J connectivity index is 1.70. The van der Waals surface area contributed by atoms with Gasteiger partial charge in [-0.05, 0) is 31.9 Å². The second-order valence-electron chi connectivity index (χ2n) is 7.19. The van der Waals surface area contributed by atoms with Gasteiger partial charge in [-0.2, -0.15) is 5.10 Å². The molecular formula is C23H21N3O3S. The molecule has 0 bridgehead atoms. The van der Waals surface area contributed by atoms with E-state index in [4.69, 9.17) is 4.74 Å². The predicted octanol–water partition coefficient (Wildman–Crippen LogP) is 4.19. The summed E-state index contributed by atoms with van der Waals surface area (Å²) in [5.74, 6) is -0.522. The molecule has 0 atom stereocenters. The van der Waals surface area contributed by atoms with Crippen molar-refractivity contribution in [1.29, 1.82) is 0 Å². The molecule has 0 aliphatic carbocycles. The third-order valence-electron chi connectivity index (χ3n) is 4.77. The summed E-state index contributed by atoms with van der Waals surface area (Å²) in [4.78, 5) is 29.7. The monoisotopic (exact) mass is 419 g/mol. The number of carbonyl (C=O) groups excluding carboxylic acids is 1. The van der Waals surface area contributed by atoms with Crippen molar-refractivity contribution in [2.45, 2.75) is 33.9 Å². The maximum Gasteiger partial charge on any atom is 0.328 e. The van der Waals surface area contributed by atoms with Crippen molar-refractivity contribution in [1.82, 2.24) is 14.8 Å². The molecule has 0 aliphatic heterocycles. The lowest BCUT2D eigenvalue weighted by molar-refractivity contribution is -0.146. The lowest BCUT2D eigenvalue weighted by Crippen LogP contribution is -2.28. The van der Waals surface area contributed by atoms with Crippen molar-refractivity contribution in [3.63, 3.8) is 0 Å². The lowest BCUT2D eigenvalue weighted by atomic mass is 10.0. The van der Waals surface area contributed by atoms with E-state index in [-0.39, 0.29) is 18.7 Å². The van der Waals surface area contributed by atoms with Crippen LogP contribution in [0.5, 0.6) is 0 Å². The Bertz CT molecular complexity index is 1290. The highest BCUT2D eigenvalue weighted by atomic mass is 32.1. The maximum atomic E-state index is 12.9. The third kappa shape index (κ3) is 4.02. The Morgan fingerprint density at radius 3 is 2.60 bits per heavy atom. The van der Waals surface area contributed by atoms with E-state index >= 15 is 0 Å². The van der Waals surface area contributed by atoms with Crippen LogP contribution in [0.4, 0.5) is 0 Å². The van der Waals surface area contributed by atoms with Gasteiger partial charge in [0.2, 0.25) is 0 Å². The molecule has 152 valence electrons. The molecule has 0 saturated heterocycles. The molecule has 0 fully saturated rings. The molecule has 0 unspecified atom stereocenters. The zero-order valence-electron chi connectivity index (χ0n) is 17.0. The molecule has 7 heteroatoms. The quantitative estimate of drug-likeness (QED) is 0.454. The number of fused-ring (bicyclic) bond motifs is 1. The fourth-order valence-electron chi connectivity index (χ4n) is 3.33. The zero-order chi connectivity index (χ0) is 21.3. The summed E-state index contributed by atoms with van der Waals surface area (Å²) in [6, 6.07) is 15.5. The molecule has 6 nitrogen and oxygen atoms in total. The number of esters is 1. The van der Waals surface area contributed by atoms with Gasteiger partial charge < -0.3 is 4.74 Å². The van der Waals surface area contributed by atoms with Crippen LogP contribution >= 0.6 is 11.3 Å². The Morgan fingerprint density at radius 2 is 1.87 bits per heavy atom. The highest BCUT2D eigenvalue weighted by molar-refractivity contribution is 7.19. The van der Waals surface area contributed by atoms with Crippen molar-refractivity contribution in [2.24, 2.45) is 0 Å². The van der Waals surface area contributed by atoms with Crippen molar-refractivity contribution in [3.05, 3.63) is 80.6 Å². The van der Waals surface area contributed by atoms with Crippen molar-refractivity contribution >= 4 is 27.5 Å². The summed E-state index contributed by atoms with van der Waals surface area (Å²) in [6.07, 6.45) is 0. The molecule has 30 heavy (non-hydrogen) atoms. The minimum atomic E-state index is -0.522. The molecule has 0 saturated carbocycles. The molecule has 0 N–H and O–H groups in total. The summed E-state index contributed by atoms with van der Waals surface area (Å²) in [7, 11) is 0. The molecule has 0 aliphatic rings. The second kappa shape index (κ2) is 8.20. The number of benzene rings is 2. The van der Waals surface area contributed by atoms with E-state index in [9.17, 15) is 9.59 Å². The van der Waals surface area contributed by atoms with Gasteiger partial charge in [0, 0.05) is 5.56 Å². The summed E-state index contributed by atoms with van der Waals surface area (Å²) < 4.78 is 7.22. The molecular weight excluding hydrogens is 398 g/mol. The number of nitrogens with zero attached hydrogens (tertiary/aromatic N) is 3. The normalized spacial score (nSPS) is 11.0. The van der Waals surface area contributed by atoms with E-state index in [0.717, 1.165) is 36.6 Å². The van der Waals surface area contributed by atoms with E-state index in [0.29, 0.717) is 11.2 Å². The standard InChI is InChI=1S/C23H21N3O3S/c1-14-9-10-18(15(2)11-14)20-22-21(24-16(3)30-22)23(28)26(25-20)12-19(27)29-13-17-7-5-4-6-8-17/h4-11H,12-13H2,1-3H3. The first-order valence-corrected chi connectivity index (χ1v) is 10.4. The van der Waals surface area contributed by atoms with Gasteiger partial charge in [0.05, 0.1) is 9.71 Å². The summed E-state index contributed by atoms with van der Waals surface area (Å²) in [5, 5.41) is 5.32. The number of aromatic nitrogens is 3. The highest BCUT2D eigenvalue weighted by Crippen LogP contribution is 2.31. The first-order valence-electron chi connectivity index (χ1n) is 9.58. The molecule has 2 aromatic carbocycles. The Morgan fingerprint density at radius 1 is 1.10 bits per heavy atom. The molecule has 2 aromatic heterocycles. The van der Waals surface area contributed by atoms with Crippen LogP contribution in [0.25, 0.3) is 21.5 Å². The number of hydrogen-bond donors (Lipinski definition) is 0. The average molecular weight is 420 g/mol. The van der Waals surface area contributed by atoms with Gasteiger partial charge in [0.15, 0.2) is 5.52 Å². The maximum absolute atomic E-state index is 12.9. The minimum Gasteiger partial charge on any atom is -0.459 e. The molecule has 0 amide bonds. The first kappa shape index (κ1) is 20.0. The van der Waals surface area contributed by atoms with Gasteiger partial charge >= 0.3 is 5.97 Å². The highest BCUT2D eigenvalue weighted by Gasteiger charge is 2.19. The number of aryl methyl sites for hydroxylation is 3. The van der Waals surface area contributed by atoms with E-state index in [2.05, 4.69) is 16.1 Å². The van der Waals surface area contributed by atoms with E-state index in [1.54, 1.807) is 0 Å². The first-order chi connectivity index (χ1) is 14.4. The van der Waals surface area contributed by atoms with Gasteiger partial charge in [0.1, 0.15) is 18.8 Å². The largest absolute Gasteiger partial charge is 0.459 e. The van der Waals surface area contributed by atoms with Gasteiger partial charge in [-0.15, -0.1) is 11.3 Å². The number of thiazole rings is 1. The van der Waals surface area contributed by atoms with Crippen LogP contribution in [0.15, 0.2) is 53.3 Å². The summed E-state index contributed by atoms with van der Waals surface area (Å²) in [6.45, 7) is 5.77. The number of ether oxygens (including phenoxy) is 1. The zero-order valence-corrected chi connectivity index (χ0v) is 17.8. The van der Waals surface area contributed by atoms with Gasteiger partial charge in [-0.25, -0.2) is 9.67 Å². The van der Waals surface area contributed by atoms with Crippen LogP contribution in [-0.2, 0) is 22.7 Å². The van der Waals surface area contributed by atoms with Crippen LogP contribution in [-0.4, -0.2) is 20.7 Å². The fourth-order valence-corrected chi connectivity index (χ4v) is 4.24. The van der Waals surface area contributed by atoms with Gasteiger partial charge in [0.25, 0.3) is 5.56 Å². The minimum absolute atomic E-state index is 0.149. The summed E-state index contributed by atoms with van der Waals surface area (Å²) >= 11 is 1.43. The van der Waals surface area contributed by atoms with Gasteiger partial charge in [-0.3, -0.25) is 9.59 Å². The van der Waals surface area contributed by atoms with E-state index < -0.39 is 5.97 Å². The Kier molecular flexibility index (Phi) is 5.46. The molecule has 0 radical (unpaired) electrons. The Hall–Kier alpha value is -3.32. The van der Waals surface area contributed by atoms with Crippen LogP contribution in [0, 0.1) is 20.8 Å². The van der Waals surface area contributed by atoms with Crippen LogP contribution < -0.4 is 5.56 Å². The SMILES string of the molecule is Cc1ccc(-c2nn(CC(=O)OCc3ccccc3)c(=O)c3nc(C)sc23)c(C)c1. The van der Waals surface area contributed by atoms with Gasteiger partial charge in [-0.1, -0.05) is 54.1 Å². The Labute approximate surface area is 177 Å². The molecule has 4 aromatic rings. The van der Waals surface area contributed by atoms with Crippen LogP contribution in [0.1, 0.15) is 21.7 Å². The number of hydrogen-bond acceptors (Lipinski definition) is 6. The molecule has 0 spiro atoms. The van der Waals surface area contributed by atoms with Crippen molar-refractivity contribution in [2.75, 3.05) is 0 Å². The topological polar surface area (TPSA) is 74.1 Å².